The molecule has 0 N–H and O–H groups in total. The Hall–Kier alpha value is -7.36. The highest BCUT2D eigenvalue weighted by Crippen LogP contribution is 2.43. The molecular weight excluding hydrogens is 671 g/mol. The summed E-state index contributed by atoms with van der Waals surface area (Å²) in [5.74, 6) is 0. The number of hydrogen-bond donors (Lipinski definition) is 0. The van der Waals surface area contributed by atoms with Gasteiger partial charge in [-0.3, -0.25) is 0 Å². The molecule has 0 saturated heterocycles. The molecule has 0 radical (unpaired) electrons. The van der Waals surface area contributed by atoms with Gasteiger partial charge in [0.1, 0.15) is 22.3 Å². The number of para-hydroxylation sites is 3. The molecule has 0 saturated carbocycles. The maximum absolute atomic E-state index is 6.47. The third-order valence-corrected chi connectivity index (χ3v) is 10.9. The highest BCUT2D eigenvalue weighted by atomic mass is 16.3. The highest BCUT2D eigenvalue weighted by molar-refractivity contribution is 6.14. The number of furan rings is 2. The number of rotatable bonds is 6. The molecule has 3 heteroatoms. The number of anilines is 3. The van der Waals surface area contributed by atoms with E-state index in [1.807, 2.05) is 24.3 Å². The summed E-state index contributed by atoms with van der Waals surface area (Å²) >= 11 is 0. The smallest absolute Gasteiger partial charge is 0.143 e. The van der Waals surface area contributed by atoms with Crippen molar-refractivity contribution in [1.82, 2.24) is 0 Å². The second-order valence-corrected chi connectivity index (χ2v) is 14.1. The van der Waals surface area contributed by atoms with E-state index in [4.69, 9.17) is 8.83 Å². The Morgan fingerprint density at radius 1 is 0.273 bits per heavy atom. The van der Waals surface area contributed by atoms with E-state index in [2.05, 4.69) is 181 Å². The van der Waals surface area contributed by atoms with Crippen LogP contribution < -0.4 is 4.90 Å². The largest absolute Gasteiger partial charge is 0.456 e. The Morgan fingerprint density at radius 2 is 0.782 bits per heavy atom. The van der Waals surface area contributed by atoms with E-state index >= 15 is 0 Å². The molecule has 0 aliphatic heterocycles. The minimum Gasteiger partial charge on any atom is -0.456 e. The maximum atomic E-state index is 6.47. The van der Waals surface area contributed by atoms with Gasteiger partial charge in [0, 0.05) is 44.2 Å². The first kappa shape index (κ1) is 31.2. The van der Waals surface area contributed by atoms with Crippen molar-refractivity contribution in [3.05, 3.63) is 200 Å². The van der Waals surface area contributed by atoms with Crippen molar-refractivity contribution in [3.8, 4) is 33.4 Å². The molecule has 3 nitrogen and oxygen atoms in total. The SMILES string of the molecule is c1ccc(-c2ccc(N(c3ccc(-c4ccc(-c5cccc6c5oc5ccccc56)c5ccccc45)cc3)c3ccc4oc5ccccc5c4c3)cc2)cc1. The zero-order chi connectivity index (χ0) is 36.3. The van der Waals surface area contributed by atoms with Crippen LogP contribution in [0.5, 0.6) is 0 Å². The van der Waals surface area contributed by atoms with Gasteiger partial charge in [0.25, 0.3) is 0 Å². The number of benzene rings is 9. The molecule has 258 valence electrons. The fraction of sp³-hybridized carbons (Fsp3) is 0. The van der Waals surface area contributed by atoms with Gasteiger partial charge in [-0.2, -0.15) is 0 Å². The average molecular weight is 704 g/mol. The molecule has 55 heavy (non-hydrogen) atoms. The molecule has 0 amide bonds. The summed E-state index contributed by atoms with van der Waals surface area (Å²) in [6, 6.07) is 71.0. The van der Waals surface area contributed by atoms with Gasteiger partial charge in [-0.05, 0) is 93.2 Å². The Labute approximate surface area is 317 Å². The van der Waals surface area contributed by atoms with E-state index < -0.39 is 0 Å². The van der Waals surface area contributed by atoms with Crippen LogP contribution in [-0.2, 0) is 0 Å². The minimum atomic E-state index is 0.881. The van der Waals surface area contributed by atoms with Crippen molar-refractivity contribution in [3.63, 3.8) is 0 Å². The summed E-state index contributed by atoms with van der Waals surface area (Å²) in [7, 11) is 0. The molecular formula is C52H33NO2. The van der Waals surface area contributed by atoms with Crippen LogP contribution in [0, 0.1) is 0 Å². The average Bonchev–Trinajstić information content (AvgIpc) is 3.83. The summed E-state index contributed by atoms with van der Waals surface area (Å²) in [6.07, 6.45) is 0. The van der Waals surface area contributed by atoms with Gasteiger partial charge in [0.2, 0.25) is 0 Å². The van der Waals surface area contributed by atoms with Crippen molar-refractivity contribution >= 4 is 71.7 Å². The van der Waals surface area contributed by atoms with Gasteiger partial charge in [0.05, 0.1) is 0 Å². The van der Waals surface area contributed by atoms with Crippen molar-refractivity contribution in [2.75, 3.05) is 4.90 Å². The van der Waals surface area contributed by atoms with Crippen LogP contribution in [0.2, 0.25) is 0 Å². The Kier molecular flexibility index (Phi) is 7.17. The third-order valence-electron chi connectivity index (χ3n) is 10.9. The molecule has 11 aromatic rings. The van der Waals surface area contributed by atoms with Crippen LogP contribution >= 0.6 is 0 Å². The summed E-state index contributed by atoms with van der Waals surface area (Å²) in [4.78, 5) is 2.33. The number of nitrogens with zero attached hydrogens (tertiary/aromatic N) is 1. The van der Waals surface area contributed by atoms with E-state index in [1.54, 1.807) is 0 Å². The van der Waals surface area contributed by atoms with Crippen LogP contribution in [-0.4, -0.2) is 0 Å². The van der Waals surface area contributed by atoms with Crippen molar-refractivity contribution < 1.29 is 8.83 Å². The zero-order valence-corrected chi connectivity index (χ0v) is 29.8. The number of fused-ring (bicyclic) bond motifs is 7. The van der Waals surface area contributed by atoms with Crippen LogP contribution in [0.1, 0.15) is 0 Å². The molecule has 0 aliphatic carbocycles. The zero-order valence-electron chi connectivity index (χ0n) is 29.8. The van der Waals surface area contributed by atoms with Crippen LogP contribution in [0.25, 0.3) is 88.0 Å². The minimum absolute atomic E-state index is 0.881. The second kappa shape index (κ2) is 12.6. The first-order chi connectivity index (χ1) is 27.3. The molecule has 0 aliphatic rings. The van der Waals surface area contributed by atoms with Crippen LogP contribution in [0.4, 0.5) is 17.1 Å². The van der Waals surface area contributed by atoms with Gasteiger partial charge in [0.15, 0.2) is 0 Å². The lowest BCUT2D eigenvalue weighted by molar-refractivity contribution is 0.669. The molecule has 11 rings (SSSR count). The van der Waals surface area contributed by atoms with Gasteiger partial charge >= 0.3 is 0 Å². The Balaban J connectivity index is 1.02. The topological polar surface area (TPSA) is 29.5 Å². The fourth-order valence-electron chi connectivity index (χ4n) is 8.27. The molecule has 2 heterocycles. The fourth-order valence-corrected chi connectivity index (χ4v) is 8.27. The van der Waals surface area contributed by atoms with E-state index in [-0.39, 0.29) is 0 Å². The Morgan fingerprint density at radius 3 is 1.51 bits per heavy atom. The summed E-state index contributed by atoms with van der Waals surface area (Å²) in [5.41, 5.74) is 13.8. The van der Waals surface area contributed by atoms with Crippen molar-refractivity contribution in [2.24, 2.45) is 0 Å². The Bertz CT molecular complexity index is 3190. The lowest BCUT2D eigenvalue weighted by atomic mass is 9.91. The molecule has 0 fully saturated rings. The van der Waals surface area contributed by atoms with Crippen molar-refractivity contribution in [1.29, 1.82) is 0 Å². The first-order valence-corrected chi connectivity index (χ1v) is 18.7. The van der Waals surface area contributed by atoms with Gasteiger partial charge in [-0.15, -0.1) is 0 Å². The maximum Gasteiger partial charge on any atom is 0.143 e. The quantitative estimate of drug-likeness (QED) is 0.173. The van der Waals surface area contributed by atoms with Crippen LogP contribution in [0.15, 0.2) is 209 Å². The predicted molar refractivity (Wildman–Crippen MR) is 229 cm³/mol. The van der Waals surface area contributed by atoms with E-state index in [0.717, 1.165) is 77.6 Å². The number of hydrogen-bond acceptors (Lipinski definition) is 3. The first-order valence-electron chi connectivity index (χ1n) is 18.7. The molecule has 0 unspecified atom stereocenters. The lowest BCUT2D eigenvalue weighted by Crippen LogP contribution is -2.09. The molecule has 2 aromatic heterocycles. The molecule has 0 bridgehead atoms. The van der Waals surface area contributed by atoms with Crippen LogP contribution in [0.3, 0.4) is 0 Å². The monoisotopic (exact) mass is 703 g/mol. The lowest BCUT2D eigenvalue weighted by Gasteiger charge is -2.26. The summed E-state index contributed by atoms with van der Waals surface area (Å²) in [6.45, 7) is 0. The standard InChI is InChI=1S/C52H33NO2/c1-2-11-34(12-3-1)35-21-25-37(26-22-35)53(39-29-32-51-48(33-39)45-16-7-8-19-49(45)54-51)38-27-23-36(24-28-38)40-30-31-43(42-14-5-4-13-41(40)42)46-17-10-18-47-44-15-6-9-20-50(44)55-52(46)47/h1-33H. The van der Waals surface area contributed by atoms with E-state index in [0.29, 0.717) is 0 Å². The van der Waals surface area contributed by atoms with Crippen molar-refractivity contribution in [2.45, 2.75) is 0 Å². The molecule has 9 aromatic carbocycles. The molecule has 0 spiro atoms. The second-order valence-electron chi connectivity index (χ2n) is 14.1. The van der Waals surface area contributed by atoms with E-state index in [1.165, 1.54) is 27.5 Å². The van der Waals surface area contributed by atoms with Gasteiger partial charge in [-0.25, -0.2) is 0 Å². The third kappa shape index (κ3) is 5.20. The van der Waals surface area contributed by atoms with Gasteiger partial charge in [-0.1, -0.05) is 146 Å². The normalized spacial score (nSPS) is 11.6. The summed E-state index contributed by atoms with van der Waals surface area (Å²) < 4.78 is 12.7. The predicted octanol–water partition coefficient (Wildman–Crippen LogP) is 15.1. The summed E-state index contributed by atoms with van der Waals surface area (Å²) in [5, 5.41) is 6.88. The highest BCUT2D eigenvalue weighted by Gasteiger charge is 2.18. The van der Waals surface area contributed by atoms with E-state index in [9.17, 15) is 0 Å². The molecule has 0 atom stereocenters. The van der Waals surface area contributed by atoms with Gasteiger partial charge < -0.3 is 13.7 Å².